The van der Waals surface area contributed by atoms with Gasteiger partial charge in [-0.25, -0.2) is 0 Å². The normalized spacial score (nSPS) is 18.5. The smallest absolute Gasteiger partial charge is 0.0787 e. The number of aliphatic hydroxyl groups excluding tert-OH is 1. The van der Waals surface area contributed by atoms with Gasteiger partial charge in [-0.15, -0.1) is 0 Å². The highest BCUT2D eigenvalue weighted by Gasteiger charge is 2.11. The van der Waals surface area contributed by atoms with Crippen LogP contribution in [0.5, 0.6) is 0 Å². The van der Waals surface area contributed by atoms with Crippen molar-refractivity contribution in [1.29, 1.82) is 0 Å². The van der Waals surface area contributed by atoms with Crippen LogP contribution in [-0.4, -0.2) is 29.7 Å². The number of hydrogen-bond acceptors (Lipinski definition) is 3. The maximum absolute atomic E-state index is 9.71. The van der Waals surface area contributed by atoms with Crippen molar-refractivity contribution < 1.29 is 5.11 Å². The Balaban J connectivity index is 2.06. The van der Waals surface area contributed by atoms with Crippen molar-refractivity contribution in [2.24, 2.45) is 0 Å². The topological polar surface area (TPSA) is 23.5 Å². The van der Waals surface area contributed by atoms with Crippen LogP contribution in [0.1, 0.15) is 25.0 Å². The van der Waals surface area contributed by atoms with E-state index in [0.717, 1.165) is 25.1 Å². The second-order valence-electron chi connectivity index (χ2n) is 4.11. The van der Waals surface area contributed by atoms with Crippen LogP contribution < -0.4 is 4.90 Å². The quantitative estimate of drug-likeness (QED) is 0.874. The average Bonchev–Trinajstić information content (AvgIpc) is 2.39. The second-order valence-corrected chi connectivity index (χ2v) is 5.34. The molecule has 0 spiro atoms. The molecule has 0 aromatic heterocycles. The van der Waals surface area contributed by atoms with Crippen molar-refractivity contribution in [3.8, 4) is 0 Å². The number of benzene rings is 1. The van der Waals surface area contributed by atoms with Gasteiger partial charge < -0.3 is 10.0 Å². The maximum atomic E-state index is 9.71. The minimum absolute atomic E-state index is 0.314. The first-order chi connectivity index (χ1) is 7.81. The molecular weight excluding hydrogens is 218 g/mol. The summed E-state index contributed by atoms with van der Waals surface area (Å²) in [5.41, 5.74) is 2.31. The molecular formula is C13H19NOS. The van der Waals surface area contributed by atoms with E-state index in [0.29, 0.717) is 0 Å². The SMILES string of the molecule is CCC(O)c1ccc(N2CCSCC2)cc1. The first-order valence-electron chi connectivity index (χ1n) is 5.92. The lowest BCUT2D eigenvalue weighted by molar-refractivity contribution is 0.173. The minimum Gasteiger partial charge on any atom is -0.388 e. The largest absolute Gasteiger partial charge is 0.388 e. The maximum Gasteiger partial charge on any atom is 0.0787 e. The monoisotopic (exact) mass is 237 g/mol. The lowest BCUT2D eigenvalue weighted by Gasteiger charge is -2.28. The van der Waals surface area contributed by atoms with Crippen LogP contribution in [-0.2, 0) is 0 Å². The van der Waals surface area contributed by atoms with E-state index in [4.69, 9.17) is 0 Å². The Labute approximate surface area is 102 Å². The molecule has 0 aliphatic carbocycles. The molecule has 1 aliphatic heterocycles. The van der Waals surface area contributed by atoms with Crippen LogP contribution in [0.4, 0.5) is 5.69 Å². The summed E-state index contributed by atoms with van der Waals surface area (Å²) in [4.78, 5) is 2.42. The van der Waals surface area contributed by atoms with Crippen molar-refractivity contribution in [3.63, 3.8) is 0 Å². The van der Waals surface area contributed by atoms with E-state index < -0.39 is 0 Å². The number of rotatable bonds is 3. The highest BCUT2D eigenvalue weighted by molar-refractivity contribution is 7.99. The van der Waals surface area contributed by atoms with E-state index in [2.05, 4.69) is 17.0 Å². The average molecular weight is 237 g/mol. The number of anilines is 1. The molecule has 1 aliphatic rings. The number of thioether (sulfide) groups is 1. The van der Waals surface area contributed by atoms with E-state index in [1.165, 1.54) is 17.2 Å². The van der Waals surface area contributed by atoms with E-state index in [-0.39, 0.29) is 6.10 Å². The summed E-state index contributed by atoms with van der Waals surface area (Å²) in [7, 11) is 0. The van der Waals surface area contributed by atoms with Gasteiger partial charge in [0.2, 0.25) is 0 Å². The van der Waals surface area contributed by atoms with E-state index in [1.807, 2.05) is 30.8 Å². The Morgan fingerprint density at radius 2 is 1.88 bits per heavy atom. The molecule has 0 radical (unpaired) electrons. The van der Waals surface area contributed by atoms with Crippen LogP contribution in [0, 0.1) is 0 Å². The Morgan fingerprint density at radius 1 is 1.25 bits per heavy atom. The summed E-state index contributed by atoms with van der Waals surface area (Å²) in [6.07, 6.45) is 0.464. The molecule has 1 heterocycles. The second kappa shape index (κ2) is 5.60. The molecule has 0 saturated carbocycles. The van der Waals surface area contributed by atoms with Crippen molar-refractivity contribution in [2.45, 2.75) is 19.4 Å². The van der Waals surface area contributed by atoms with Gasteiger partial charge in [0, 0.05) is 30.3 Å². The minimum atomic E-state index is -0.314. The van der Waals surface area contributed by atoms with Crippen molar-refractivity contribution in [1.82, 2.24) is 0 Å². The first kappa shape index (κ1) is 11.8. The molecule has 1 aromatic rings. The summed E-state index contributed by atoms with van der Waals surface area (Å²) in [6.45, 7) is 4.28. The van der Waals surface area contributed by atoms with Crippen LogP contribution >= 0.6 is 11.8 Å². The van der Waals surface area contributed by atoms with Gasteiger partial charge in [-0.2, -0.15) is 11.8 Å². The zero-order valence-electron chi connectivity index (χ0n) is 9.72. The lowest BCUT2D eigenvalue weighted by atomic mass is 10.1. The molecule has 88 valence electrons. The van der Waals surface area contributed by atoms with Crippen LogP contribution in [0.15, 0.2) is 24.3 Å². The van der Waals surface area contributed by atoms with Crippen molar-refractivity contribution in [3.05, 3.63) is 29.8 Å². The van der Waals surface area contributed by atoms with Gasteiger partial charge in [0.25, 0.3) is 0 Å². The van der Waals surface area contributed by atoms with E-state index in [9.17, 15) is 5.11 Å². The lowest BCUT2D eigenvalue weighted by Crippen LogP contribution is -2.32. The molecule has 3 heteroatoms. The van der Waals surface area contributed by atoms with Gasteiger partial charge >= 0.3 is 0 Å². The van der Waals surface area contributed by atoms with Gasteiger partial charge in [-0.1, -0.05) is 19.1 Å². The number of hydrogen-bond donors (Lipinski definition) is 1. The zero-order chi connectivity index (χ0) is 11.4. The fourth-order valence-electron chi connectivity index (χ4n) is 1.96. The van der Waals surface area contributed by atoms with Crippen LogP contribution in [0.2, 0.25) is 0 Å². The molecule has 1 fully saturated rings. The zero-order valence-corrected chi connectivity index (χ0v) is 10.5. The van der Waals surface area contributed by atoms with Crippen LogP contribution in [0.3, 0.4) is 0 Å². The molecule has 16 heavy (non-hydrogen) atoms. The molecule has 2 rings (SSSR count). The van der Waals surface area contributed by atoms with Gasteiger partial charge in [0.05, 0.1) is 6.10 Å². The third-order valence-electron chi connectivity index (χ3n) is 3.04. The predicted molar refractivity (Wildman–Crippen MR) is 71.2 cm³/mol. The van der Waals surface area contributed by atoms with Gasteiger partial charge in [-0.3, -0.25) is 0 Å². The fraction of sp³-hybridized carbons (Fsp3) is 0.538. The molecule has 1 unspecified atom stereocenters. The summed E-state index contributed by atoms with van der Waals surface area (Å²) >= 11 is 2.02. The summed E-state index contributed by atoms with van der Waals surface area (Å²) in [5.74, 6) is 2.44. The Hall–Kier alpha value is -0.670. The molecule has 2 nitrogen and oxygen atoms in total. The summed E-state index contributed by atoms with van der Waals surface area (Å²) in [5, 5.41) is 9.71. The highest BCUT2D eigenvalue weighted by Crippen LogP contribution is 2.23. The van der Waals surface area contributed by atoms with Gasteiger partial charge in [-0.05, 0) is 24.1 Å². The van der Waals surface area contributed by atoms with Gasteiger partial charge in [0.15, 0.2) is 0 Å². The summed E-state index contributed by atoms with van der Waals surface area (Å²) in [6, 6.07) is 8.35. The standard InChI is InChI=1S/C13H19NOS/c1-2-13(15)11-3-5-12(6-4-11)14-7-9-16-10-8-14/h3-6,13,15H,2,7-10H2,1H3. The Kier molecular flexibility index (Phi) is 4.13. The predicted octanol–water partition coefficient (Wildman–Crippen LogP) is 2.68. The van der Waals surface area contributed by atoms with Crippen molar-refractivity contribution in [2.75, 3.05) is 29.5 Å². The van der Waals surface area contributed by atoms with E-state index >= 15 is 0 Å². The fourth-order valence-corrected chi connectivity index (χ4v) is 2.87. The summed E-state index contributed by atoms with van der Waals surface area (Å²) < 4.78 is 0. The molecule has 1 saturated heterocycles. The van der Waals surface area contributed by atoms with Crippen molar-refractivity contribution >= 4 is 17.4 Å². The third-order valence-corrected chi connectivity index (χ3v) is 3.98. The number of aliphatic hydroxyl groups is 1. The van der Waals surface area contributed by atoms with E-state index in [1.54, 1.807) is 0 Å². The first-order valence-corrected chi connectivity index (χ1v) is 7.07. The Bertz CT molecular complexity index is 319. The molecule has 0 bridgehead atoms. The third kappa shape index (κ3) is 2.71. The molecule has 1 N–H and O–H groups in total. The Morgan fingerprint density at radius 3 is 2.44 bits per heavy atom. The highest BCUT2D eigenvalue weighted by atomic mass is 32.2. The number of nitrogens with zero attached hydrogens (tertiary/aromatic N) is 1. The van der Waals surface area contributed by atoms with Gasteiger partial charge in [0.1, 0.15) is 0 Å². The van der Waals surface area contributed by atoms with Crippen LogP contribution in [0.25, 0.3) is 0 Å². The molecule has 1 aromatic carbocycles. The molecule has 0 amide bonds. The molecule has 1 atom stereocenters.